The molecule has 90 valence electrons. The normalized spacial score (nSPS) is 10.6. The Hall–Kier alpha value is -1.47. The maximum absolute atomic E-state index is 13.4. The van der Waals surface area contributed by atoms with Crippen molar-refractivity contribution in [3.05, 3.63) is 33.9 Å². The summed E-state index contributed by atoms with van der Waals surface area (Å²) >= 11 is 3.11. The fourth-order valence-corrected chi connectivity index (χ4v) is 1.74. The van der Waals surface area contributed by atoms with Gasteiger partial charge in [-0.3, -0.25) is 0 Å². The number of aromatic nitrogens is 2. The molecule has 0 radical (unpaired) electrons. The minimum Gasteiger partial charge on any atom is -0.406 e. The minimum absolute atomic E-state index is 0.169. The van der Waals surface area contributed by atoms with E-state index in [2.05, 4.69) is 31.4 Å². The second kappa shape index (κ2) is 4.80. The molecule has 0 amide bonds. The molecule has 0 fully saturated rings. The van der Waals surface area contributed by atoms with Gasteiger partial charge in [0.05, 0.1) is 11.0 Å². The second-order valence-corrected chi connectivity index (χ2v) is 4.27. The van der Waals surface area contributed by atoms with Crippen LogP contribution in [0.25, 0.3) is 0 Å². The summed E-state index contributed by atoms with van der Waals surface area (Å²) in [6.07, 6.45) is 0. The quantitative estimate of drug-likeness (QED) is 0.910. The van der Waals surface area contributed by atoms with Gasteiger partial charge in [0.1, 0.15) is 5.82 Å². The number of nitrogens with two attached hydrogens (primary N) is 1. The molecule has 3 N–H and O–H groups in total. The van der Waals surface area contributed by atoms with Crippen LogP contribution in [0.5, 0.6) is 0 Å². The zero-order valence-electron chi connectivity index (χ0n) is 9.00. The number of benzene rings is 1. The maximum Gasteiger partial charge on any atom is 0.320 e. The molecule has 5 nitrogen and oxygen atoms in total. The molecule has 2 aromatic rings. The third kappa shape index (κ3) is 2.62. The molecule has 1 aromatic heterocycles. The Labute approximate surface area is 105 Å². The van der Waals surface area contributed by atoms with E-state index in [1.165, 1.54) is 6.07 Å². The average molecular weight is 301 g/mol. The van der Waals surface area contributed by atoms with Gasteiger partial charge in [0, 0.05) is 5.69 Å². The van der Waals surface area contributed by atoms with Gasteiger partial charge in [-0.15, -0.1) is 5.10 Å². The molecule has 7 heteroatoms. The number of rotatable bonds is 3. The Morgan fingerprint density at radius 3 is 2.88 bits per heavy atom. The van der Waals surface area contributed by atoms with Gasteiger partial charge in [-0.05, 0) is 40.5 Å². The second-order valence-electron chi connectivity index (χ2n) is 3.41. The molecule has 1 heterocycles. The van der Waals surface area contributed by atoms with Crippen LogP contribution in [-0.4, -0.2) is 10.2 Å². The molecule has 0 aliphatic carbocycles. The molecular formula is C10H10BrFN4O. The molecule has 0 spiro atoms. The van der Waals surface area contributed by atoms with Crippen molar-refractivity contribution in [2.45, 2.75) is 13.5 Å². The first-order valence-corrected chi connectivity index (χ1v) is 5.64. The lowest BCUT2D eigenvalue weighted by atomic mass is 10.2. The standard InChI is InChI=1S/C10H10BrFN4O/c1-5-2-6(11)7(12)3-8(5)14-10-16-15-9(4-13)17-10/h2-3H,4,13H2,1H3,(H,14,16). The highest BCUT2D eigenvalue weighted by molar-refractivity contribution is 9.10. The molecular weight excluding hydrogens is 291 g/mol. The van der Waals surface area contributed by atoms with Crippen molar-refractivity contribution in [1.82, 2.24) is 10.2 Å². The van der Waals surface area contributed by atoms with Gasteiger partial charge in [0.15, 0.2) is 0 Å². The van der Waals surface area contributed by atoms with Crippen molar-refractivity contribution >= 4 is 27.6 Å². The van der Waals surface area contributed by atoms with E-state index < -0.39 is 0 Å². The van der Waals surface area contributed by atoms with Crippen molar-refractivity contribution in [2.24, 2.45) is 5.73 Å². The molecule has 0 bridgehead atoms. The molecule has 0 saturated heterocycles. The summed E-state index contributed by atoms with van der Waals surface area (Å²) in [5, 5.41) is 10.3. The zero-order chi connectivity index (χ0) is 12.4. The van der Waals surface area contributed by atoms with Gasteiger partial charge in [-0.1, -0.05) is 5.10 Å². The molecule has 0 aliphatic rings. The number of halogens is 2. The fraction of sp³-hybridized carbons (Fsp3) is 0.200. The van der Waals surface area contributed by atoms with E-state index in [0.717, 1.165) is 5.56 Å². The van der Waals surface area contributed by atoms with E-state index in [9.17, 15) is 4.39 Å². The van der Waals surface area contributed by atoms with Gasteiger partial charge in [0.2, 0.25) is 5.89 Å². The van der Waals surface area contributed by atoms with E-state index in [1.54, 1.807) is 6.07 Å². The van der Waals surface area contributed by atoms with Crippen molar-refractivity contribution in [1.29, 1.82) is 0 Å². The van der Waals surface area contributed by atoms with Crippen molar-refractivity contribution in [3.63, 3.8) is 0 Å². The van der Waals surface area contributed by atoms with Gasteiger partial charge in [0.25, 0.3) is 0 Å². The van der Waals surface area contributed by atoms with E-state index >= 15 is 0 Å². The summed E-state index contributed by atoms with van der Waals surface area (Å²) < 4.78 is 18.9. The lowest BCUT2D eigenvalue weighted by Gasteiger charge is -2.06. The van der Waals surface area contributed by atoms with Crippen LogP contribution >= 0.6 is 15.9 Å². The summed E-state index contributed by atoms with van der Waals surface area (Å²) in [6.45, 7) is 2.01. The Morgan fingerprint density at radius 2 is 2.24 bits per heavy atom. The van der Waals surface area contributed by atoms with Crippen LogP contribution in [0.3, 0.4) is 0 Å². The number of nitrogens with zero attached hydrogens (tertiary/aromatic N) is 2. The number of nitrogens with one attached hydrogen (secondary N) is 1. The van der Waals surface area contributed by atoms with Crippen LogP contribution in [0.1, 0.15) is 11.5 Å². The molecule has 0 aliphatic heterocycles. The van der Waals surface area contributed by atoms with Gasteiger partial charge >= 0.3 is 6.01 Å². The predicted molar refractivity (Wildman–Crippen MR) is 64.3 cm³/mol. The highest BCUT2D eigenvalue weighted by atomic mass is 79.9. The van der Waals surface area contributed by atoms with Crippen LogP contribution in [-0.2, 0) is 6.54 Å². The first kappa shape index (κ1) is 12.0. The van der Waals surface area contributed by atoms with Crippen LogP contribution in [0.15, 0.2) is 21.0 Å². The summed E-state index contributed by atoms with van der Waals surface area (Å²) in [5.41, 5.74) is 6.76. The van der Waals surface area contributed by atoms with Crippen LogP contribution in [0, 0.1) is 12.7 Å². The summed E-state index contributed by atoms with van der Waals surface area (Å²) in [5.74, 6) is -0.0422. The first-order valence-electron chi connectivity index (χ1n) is 4.85. The Kier molecular flexibility index (Phi) is 3.39. The summed E-state index contributed by atoms with van der Waals surface area (Å²) in [4.78, 5) is 0. The predicted octanol–water partition coefficient (Wildman–Crippen LogP) is 2.48. The summed E-state index contributed by atoms with van der Waals surface area (Å²) in [6, 6.07) is 3.21. The molecule has 17 heavy (non-hydrogen) atoms. The Balaban J connectivity index is 2.26. The van der Waals surface area contributed by atoms with Crippen molar-refractivity contribution in [2.75, 3.05) is 5.32 Å². The van der Waals surface area contributed by atoms with Crippen LogP contribution in [0.2, 0.25) is 0 Å². The number of aryl methyl sites for hydroxylation is 1. The number of hydrogen-bond acceptors (Lipinski definition) is 5. The van der Waals surface area contributed by atoms with Crippen molar-refractivity contribution in [3.8, 4) is 0 Å². The highest BCUT2D eigenvalue weighted by Crippen LogP contribution is 2.26. The zero-order valence-corrected chi connectivity index (χ0v) is 10.6. The maximum atomic E-state index is 13.4. The molecule has 1 aromatic carbocycles. The first-order chi connectivity index (χ1) is 8.10. The van der Waals surface area contributed by atoms with Crippen LogP contribution in [0.4, 0.5) is 16.1 Å². The van der Waals surface area contributed by atoms with E-state index in [-0.39, 0.29) is 18.4 Å². The van der Waals surface area contributed by atoms with E-state index in [0.29, 0.717) is 16.1 Å². The topological polar surface area (TPSA) is 77.0 Å². The molecule has 2 rings (SSSR count). The third-order valence-electron chi connectivity index (χ3n) is 2.15. The number of hydrogen-bond donors (Lipinski definition) is 2. The lowest BCUT2D eigenvalue weighted by Crippen LogP contribution is -1.95. The number of anilines is 2. The minimum atomic E-state index is -0.364. The summed E-state index contributed by atoms with van der Waals surface area (Å²) in [7, 11) is 0. The van der Waals surface area contributed by atoms with Gasteiger partial charge < -0.3 is 15.5 Å². The molecule has 0 unspecified atom stereocenters. The van der Waals surface area contributed by atoms with E-state index in [1.807, 2.05) is 6.92 Å². The molecule has 0 saturated carbocycles. The van der Waals surface area contributed by atoms with E-state index in [4.69, 9.17) is 10.2 Å². The Bertz CT molecular complexity index is 543. The average Bonchev–Trinajstić information content (AvgIpc) is 2.73. The monoisotopic (exact) mass is 300 g/mol. The van der Waals surface area contributed by atoms with Crippen LogP contribution < -0.4 is 11.1 Å². The fourth-order valence-electron chi connectivity index (χ4n) is 1.28. The third-order valence-corrected chi connectivity index (χ3v) is 2.76. The molecule has 0 atom stereocenters. The van der Waals surface area contributed by atoms with Gasteiger partial charge in [-0.2, -0.15) is 0 Å². The largest absolute Gasteiger partial charge is 0.406 e. The smallest absolute Gasteiger partial charge is 0.320 e. The lowest BCUT2D eigenvalue weighted by molar-refractivity contribution is 0.511. The highest BCUT2D eigenvalue weighted by Gasteiger charge is 2.09. The Morgan fingerprint density at radius 1 is 1.47 bits per heavy atom. The van der Waals surface area contributed by atoms with Gasteiger partial charge in [-0.25, -0.2) is 4.39 Å². The van der Waals surface area contributed by atoms with Crippen molar-refractivity contribution < 1.29 is 8.81 Å². The SMILES string of the molecule is Cc1cc(Br)c(F)cc1Nc1nnc(CN)o1.